The van der Waals surface area contributed by atoms with E-state index in [9.17, 15) is 0 Å². The Balaban J connectivity index is 1.72. The molecule has 0 aliphatic carbocycles. The number of piperazine rings is 1. The minimum atomic E-state index is 0.836. The summed E-state index contributed by atoms with van der Waals surface area (Å²) in [5.41, 5.74) is 1.30. The molecular weight excluding hydrogens is 214 g/mol. The number of nitrogens with zero attached hydrogens (tertiary/aromatic N) is 3. The summed E-state index contributed by atoms with van der Waals surface area (Å²) >= 11 is 0. The first-order valence-electron chi connectivity index (χ1n) is 6.21. The minimum absolute atomic E-state index is 0.836. The van der Waals surface area contributed by atoms with Gasteiger partial charge in [-0.1, -0.05) is 6.07 Å². The minimum Gasteiger partial charge on any atom is -0.383 e. The fourth-order valence-corrected chi connectivity index (χ4v) is 2.14. The van der Waals surface area contributed by atoms with Crippen molar-refractivity contribution >= 4 is 0 Å². The number of pyridine rings is 1. The van der Waals surface area contributed by atoms with Crippen LogP contribution in [0, 0.1) is 0 Å². The molecule has 0 N–H and O–H groups in total. The Labute approximate surface area is 103 Å². The Morgan fingerprint density at radius 2 is 2.00 bits per heavy atom. The third-order valence-electron chi connectivity index (χ3n) is 3.21. The van der Waals surface area contributed by atoms with Gasteiger partial charge < -0.3 is 4.74 Å². The van der Waals surface area contributed by atoms with Gasteiger partial charge in [0.25, 0.3) is 0 Å². The summed E-state index contributed by atoms with van der Waals surface area (Å²) in [6.07, 6.45) is 3.78. The van der Waals surface area contributed by atoms with E-state index in [4.69, 9.17) is 4.74 Å². The van der Waals surface area contributed by atoms with Gasteiger partial charge in [0.2, 0.25) is 0 Å². The first kappa shape index (κ1) is 12.5. The van der Waals surface area contributed by atoms with E-state index >= 15 is 0 Å². The highest BCUT2D eigenvalue weighted by Crippen LogP contribution is 2.07. The van der Waals surface area contributed by atoms with Gasteiger partial charge in [-0.25, -0.2) is 0 Å². The van der Waals surface area contributed by atoms with Crippen LogP contribution in [0.4, 0.5) is 0 Å². The molecule has 0 radical (unpaired) electrons. The molecule has 2 heterocycles. The molecule has 1 aromatic rings. The van der Waals surface area contributed by atoms with Gasteiger partial charge in [0, 0.05) is 58.8 Å². The van der Waals surface area contributed by atoms with Crippen molar-refractivity contribution < 1.29 is 4.74 Å². The van der Waals surface area contributed by atoms with E-state index in [0.29, 0.717) is 0 Å². The molecule has 0 unspecified atom stereocenters. The second-order valence-electron chi connectivity index (χ2n) is 4.47. The molecule has 2 rings (SSSR count). The van der Waals surface area contributed by atoms with Gasteiger partial charge in [0.15, 0.2) is 0 Å². The second kappa shape index (κ2) is 6.69. The molecule has 1 aromatic heterocycles. The smallest absolute Gasteiger partial charge is 0.0589 e. The van der Waals surface area contributed by atoms with Crippen LogP contribution in [0.25, 0.3) is 0 Å². The van der Waals surface area contributed by atoms with E-state index in [1.165, 1.54) is 5.56 Å². The summed E-state index contributed by atoms with van der Waals surface area (Å²) in [6.45, 7) is 7.47. The summed E-state index contributed by atoms with van der Waals surface area (Å²) in [5, 5.41) is 0. The second-order valence-corrected chi connectivity index (χ2v) is 4.47. The zero-order chi connectivity index (χ0) is 11.9. The quantitative estimate of drug-likeness (QED) is 0.756. The highest BCUT2D eigenvalue weighted by molar-refractivity contribution is 5.08. The molecule has 0 aromatic carbocycles. The zero-order valence-corrected chi connectivity index (χ0v) is 10.5. The third kappa shape index (κ3) is 4.07. The molecule has 0 atom stereocenters. The van der Waals surface area contributed by atoms with E-state index in [1.807, 2.05) is 18.5 Å². The van der Waals surface area contributed by atoms with Crippen LogP contribution < -0.4 is 0 Å². The first-order chi connectivity index (χ1) is 8.38. The van der Waals surface area contributed by atoms with Gasteiger partial charge >= 0.3 is 0 Å². The predicted molar refractivity (Wildman–Crippen MR) is 67.8 cm³/mol. The van der Waals surface area contributed by atoms with Crippen LogP contribution in [0.3, 0.4) is 0 Å². The van der Waals surface area contributed by atoms with Crippen LogP contribution in [-0.2, 0) is 11.3 Å². The topological polar surface area (TPSA) is 28.6 Å². The van der Waals surface area contributed by atoms with E-state index in [1.54, 1.807) is 7.11 Å². The fraction of sp³-hybridized carbons (Fsp3) is 0.615. The molecule has 4 nitrogen and oxygen atoms in total. The number of rotatable bonds is 5. The molecule has 4 heteroatoms. The molecule has 0 spiro atoms. The van der Waals surface area contributed by atoms with Crippen LogP contribution in [0.2, 0.25) is 0 Å². The van der Waals surface area contributed by atoms with E-state index in [-0.39, 0.29) is 0 Å². The van der Waals surface area contributed by atoms with Gasteiger partial charge in [-0.15, -0.1) is 0 Å². The summed E-state index contributed by atoms with van der Waals surface area (Å²) in [5.74, 6) is 0. The van der Waals surface area contributed by atoms with E-state index in [2.05, 4.69) is 20.9 Å². The van der Waals surface area contributed by atoms with E-state index in [0.717, 1.165) is 45.9 Å². The molecule has 17 heavy (non-hydrogen) atoms. The molecule has 0 amide bonds. The molecule has 94 valence electrons. The van der Waals surface area contributed by atoms with Crippen molar-refractivity contribution in [2.24, 2.45) is 0 Å². The normalized spacial score (nSPS) is 18.4. The SMILES string of the molecule is COCCN1CCN(Cc2cccnc2)CC1. The zero-order valence-electron chi connectivity index (χ0n) is 10.5. The number of aromatic nitrogens is 1. The van der Waals surface area contributed by atoms with Crippen molar-refractivity contribution in [1.82, 2.24) is 14.8 Å². The molecule has 0 bridgehead atoms. The molecule has 1 fully saturated rings. The highest BCUT2D eigenvalue weighted by atomic mass is 16.5. The van der Waals surface area contributed by atoms with Crippen molar-refractivity contribution in [3.63, 3.8) is 0 Å². The third-order valence-corrected chi connectivity index (χ3v) is 3.21. The summed E-state index contributed by atoms with van der Waals surface area (Å²) in [6, 6.07) is 4.15. The van der Waals surface area contributed by atoms with Crippen molar-refractivity contribution in [2.75, 3.05) is 46.4 Å². The fourth-order valence-electron chi connectivity index (χ4n) is 2.14. The van der Waals surface area contributed by atoms with Crippen molar-refractivity contribution in [3.8, 4) is 0 Å². The molecule has 1 aliphatic heterocycles. The molecule has 0 saturated carbocycles. The molecule has 1 aliphatic rings. The average molecular weight is 235 g/mol. The maximum Gasteiger partial charge on any atom is 0.0589 e. The van der Waals surface area contributed by atoms with E-state index < -0.39 is 0 Å². The summed E-state index contributed by atoms with van der Waals surface area (Å²) < 4.78 is 5.10. The monoisotopic (exact) mass is 235 g/mol. The van der Waals surface area contributed by atoms with Crippen LogP contribution in [0.15, 0.2) is 24.5 Å². The Bertz CT molecular complexity index is 310. The number of methoxy groups -OCH3 is 1. The lowest BCUT2D eigenvalue weighted by atomic mass is 10.2. The maximum atomic E-state index is 5.10. The number of hydrogen-bond donors (Lipinski definition) is 0. The first-order valence-corrected chi connectivity index (χ1v) is 6.21. The maximum absolute atomic E-state index is 5.10. The Kier molecular flexibility index (Phi) is 4.91. The Morgan fingerprint density at radius 1 is 1.24 bits per heavy atom. The van der Waals surface area contributed by atoms with Gasteiger partial charge in [-0.2, -0.15) is 0 Å². The largest absolute Gasteiger partial charge is 0.383 e. The van der Waals surface area contributed by atoms with Crippen LogP contribution in [-0.4, -0.2) is 61.2 Å². The van der Waals surface area contributed by atoms with Crippen molar-refractivity contribution in [1.29, 1.82) is 0 Å². The Hall–Kier alpha value is -0.970. The lowest BCUT2D eigenvalue weighted by molar-refractivity contribution is 0.0938. The average Bonchev–Trinajstić information content (AvgIpc) is 2.39. The molecule has 1 saturated heterocycles. The van der Waals surface area contributed by atoms with Crippen LogP contribution in [0.5, 0.6) is 0 Å². The van der Waals surface area contributed by atoms with Gasteiger partial charge in [0.05, 0.1) is 6.61 Å². The standard InChI is InChI=1S/C13H21N3O/c1-17-10-9-15-5-7-16(8-6-15)12-13-3-2-4-14-11-13/h2-4,11H,5-10,12H2,1H3. The van der Waals surface area contributed by atoms with Gasteiger partial charge in [0.1, 0.15) is 0 Å². The molecular formula is C13H21N3O. The number of hydrogen-bond acceptors (Lipinski definition) is 4. The van der Waals surface area contributed by atoms with Crippen molar-refractivity contribution in [2.45, 2.75) is 6.54 Å². The van der Waals surface area contributed by atoms with Crippen molar-refractivity contribution in [3.05, 3.63) is 30.1 Å². The van der Waals surface area contributed by atoms with Gasteiger partial charge in [-0.05, 0) is 11.6 Å². The van der Waals surface area contributed by atoms with Gasteiger partial charge in [-0.3, -0.25) is 14.8 Å². The van der Waals surface area contributed by atoms with Crippen LogP contribution in [0.1, 0.15) is 5.56 Å². The predicted octanol–water partition coefficient (Wildman–Crippen LogP) is 0.846. The Morgan fingerprint density at radius 3 is 2.65 bits per heavy atom. The number of ether oxygens (including phenoxy) is 1. The highest BCUT2D eigenvalue weighted by Gasteiger charge is 2.16. The van der Waals surface area contributed by atoms with Crippen LogP contribution >= 0.6 is 0 Å². The summed E-state index contributed by atoms with van der Waals surface area (Å²) in [4.78, 5) is 9.10. The lowest BCUT2D eigenvalue weighted by Crippen LogP contribution is -2.46. The lowest BCUT2D eigenvalue weighted by Gasteiger charge is -2.34. The summed E-state index contributed by atoms with van der Waals surface area (Å²) in [7, 11) is 1.76.